The van der Waals surface area contributed by atoms with Gasteiger partial charge in [-0.2, -0.15) is 0 Å². The summed E-state index contributed by atoms with van der Waals surface area (Å²) in [6.07, 6.45) is 0. The zero-order valence-corrected chi connectivity index (χ0v) is 15.2. The van der Waals surface area contributed by atoms with E-state index in [0.717, 1.165) is 17.1 Å². The van der Waals surface area contributed by atoms with E-state index in [0.29, 0.717) is 23.0 Å². The first-order chi connectivity index (χ1) is 11.4. The van der Waals surface area contributed by atoms with Crippen molar-refractivity contribution in [1.29, 1.82) is 0 Å². The predicted molar refractivity (Wildman–Crippen MR) is 93.4 cm³/mol. The number of nitrogens with one attached hydrogen (secondary N) is 1. The number of carbonyl (C=O) groups excluding carboxylic acids is 2. The normalized spacial score (nSPS) is 10.9. The van der Waals surface area contributed by atoms with E-state index >= 15 is 0 Å². The Hall–Kier alpha value is -2.12. The van der Waals surface area contributed by atoms with Gasteiger partial charge in [0.15, 0.2) is 0 Å². The van der Waals surface area contributed by atoms with E-state index in [1.165, 1.54) is 11.3 Å². The Labute approximate surface area is 145 Å². The SMILES string of the molecule is CCOC(=O)c1sc(NC(=O)CN(C)Cc2ccc(C)o2)cc1C. The number of esters is 1. The maximum atomic E-state index is 12.1. The number of amides is 1. The second-order valence-electron chi connectivity index (χ2n) is 5.58. The van der Waals surface area contributed by atoms with Gasteiger partial charge in [-0.1, -0.05) is 0 Å². The lowest BCUT2D eigenvalue weighted by Gasteiger charge is -2.14. The predicted octanol–water partition coefficient (Wildman–Crippen LogP) is 3.21. The molecule has 2 rings (SSSR count). The van der Waals surface area contributed by atoms with Crippen molar-refractivity contribution in [3.05, 3.63) is 40.2 Å². The number of rotatable bonds is 7. The number of carbonyl (C=O) groups is 2. The highest BCUT2D eigenvalue weighted by Gasteiger charge is 2.16. The van der Waals surface area contributed by atoms with Gasteiger partial charge in [0.25, 0.3) is 0 Å². The number of aryl methyl sites for hydroxylation is 2. The average Bonchev–Trinajstić information content (AvgIpc) is 3.04. The van der Waals surface area contributed by atoms with Crippen LogP contribution in [0.25, 0.3) is 0 Å². The zero-order chi connectivity index (χ0) is 17.7. The molecule has 24 heavy (non-hydrogen) atoms. The Morgan fingerprint density at radius 3 is 2.71 bits per heavy atom. The first kappa shape index (κ1) is 18.2. The summed E-state index contributed by atoms with van der Waals surface area (Å²) < 4.78 is 10.5. The van der Waals surface area contributed by atoms with Crippen LogP contribution in [0.15, 0.2) is 22.6 Å². The van der Waals surface area contributed by atoms with E-state index in [1.807, 2.05) is 37.9 Å². The lowest BCUT2D eigenvalue weighted by molar-refractivity contribution is -0.117. The van der Waals surface area contributed by atoms with Gasteiger partial charge in [0, 0.05) is 0 Å². The van der Waals surface area contributed by atoms with Crippen LogP contribution in [0.1, 0.15) is 33.7 Å². The van der Waals surface area contributed by atoms with Gasteiger partial charge in [-0.05, 0) is 51.6 Å². The maximum Gasteiger partial charge on any atom is 0.348 e. The van der Waals surface area contributed by atoms with Crippen molar-refractivity contribution in [1.82, 2.24) is 4.90 Å². The topological polar surface area (TPSA) is 71.8 Å². The molecule has 130 valence electrons. The van der Waals surface area contributed by atoms with E-state index in [2.05, 4.69) is 5.32 Å². The molecule has 0 saturated heterocycles. The Balaban J connectivity index is 1.90. The Morgan fingerprint density at radius 1 is 1.33 bits per heavy atom. The van der Waals surface area contributed by atoms with Crippen molar-refractivity contribution in [2.24, 2.45) is 0 Å². The maximum absolute atomic E-state index is 12.1. The highest BCUT2D eigenvalue weighted by atomic mass is 32.1. The summed E-state index contributed by atoms with van der Waals surface area (Å²) in [5.41, 5.74) is 0.799. The van der Waals surface area contributed by atoms with Gasteiger partial charge in [0.2, 0.25) is 5.91 Å². The second-order valence-corrected chi connectivity index (χ2v) is 6.63. The van der Waals surface area contributed by atoms with Gasteiger partial charge in [0.1, 0.15) is 16.4 Å². The number of nitrogens with zero attached hydrogens (tertiary/aromatic N) is 1. The monoisotopic (exact) mass is 350 g/mol. The minimum Gasteiger partial charge on any atom is -0.465 e. The van der Waals surface area contributed by atoms with Crippen LogP contribution in [0.5, 0.6) is 0 Å². The highest BCUT2D eigenvalue weighted by Crippen LogP contribution is 2.27. The van der Waals surface area contributed by atoms with Crippen molar-refractivity contribution in [2.45, 2.75) is 27.3 Å². The largest absolute Gasteiger partial charge is 0.465 e. The van der Waals surface area contributed by atoms with Gasteiger partial charge < -0.3 is 14.5 Å². The van der Waals surface area contributed by atoms with Crippen LogP contribution in [-0.4, -0.2) is 37.0 Å². The fraction of sp³-hybridized carbons (Fsp3) is 0.412. The van der Waals surface area contributed by atoms with Crippen LogP contribution in [0, 0.1) is 13.8 Å². The van der Waals surface area contributed by atoms with Gasteiger partial charge >= 0.3 is 5.97 Å². The van der Waals surface area contributed by atoms with E-state index in [4.69, 9.17) is 9.15 Å². The van der Waals surface area contributed by atoms with Crippen molar-refractivity contribution in [3.8, 4) is 0 Å². The number of likely N-dealkylation sites (N-methyl/N-ethyl adjacent to an activating group) is 1. The molecule has 2 heterocycles. The third-order valence-electron chi connectivity index (χ3n) is 3.28. The lowest BCUT2D eigenvalue weighted by Crippen LogP contribution is -2.29. The molecule has 0 aliphatic heterocycles. The van der Waals surface area contributed by atoms with Crippen molar-refractivity contribution in [2.75, 3.05) is 25.5 Å². The molecule has 0 radical (unpaired) electrons. The minimum absolute atomic E-state index is 0.141. The molecule has 0 fully saturated rings. The molecular weight excluding hydrogens is 328 g/mol. The smallest absolute Gasteiger partial charge is 0.348 e. The fourth-order valence-corrected chi connectivity index (χ4v) is 3.24. The van der Waals surface area contributed by atoms with Crippen LogP contribution in [0.3, 0.4) is 0 Å². The van der Waals surface area contributed by atoms with Crippen LogP contribution in [0.4, 0.5) is 5.00 Å². The molecule has 0 aromatic carbocycles. The molecule has 1 amide bonds. The summed E-state index contributed by atoms with van der Waals surface area (Å²) in [7, 11) is 1.85. The molecule has 0 saturated carbocycles. The number of anilines is 1. The van der Waals surface area contributed by atoms with E-state index < -0.39 is 0 Å². The molecule has 0 atom stereocenters. The van der Waals surface area contributed by atoms with Crippen LogP contribution in [0.2, 0.25) is 0 Å². The molecule has 7 heteroatoms. The van der Waals surface area contributed by atoms with E-state index in [9.17, 15) is 9.59 Å². The third-order valence-corrected chi connectivity index (χ3v) is 4.41. The molecule has 6 nitrogen and oxygen atoms in total. The molecule has 2 aromatic rings. The Kier molecular flexibility index (Phi) is 6.16. The highest BCUT2D eigenvalue weighted by molar-refractivity contribution is 7.18. The molecule has 0 spiro atoms. The summed E-state index contributed by atoms with van der Waals surface area (Å²) in [6.45, 7) is 6.58. The van der Waals surface area contributed by atoms with Gasteiger partial charge in [0.05, 0.1) is 24.7 Å². The number of hydrogen-bond donors (Lipinski definition) is 1. The number of thiophene rings is 1. The van der Waals surface area contributed by atoms with E-state index in [1.54, 1.807) is 13.0 Å². The molecule has 0 unspecified atom stereocenters. The summed E-state index contributed by atoms with van der Waals surface area (Å²) in [5.74, 6) is 1.17. The van der Waals surface area contributed by atoms with Crippen LogP contribution < -0.4 is 5.32 Å². The van der Waals surface area contributed by atoms with Gasteiger partial charge in [-0.15, -0.1) is 11.3 Å². The molecule has 0 aliphatic rings. The minimum atomic E-state index is -0.356. The van der Waals surface area contributed by atoms with Crippen molar-refractivity contribution in [3.63, 3.8) is 0 Å². The lowest BCUT2D eigenvalue weighted by atomic mass is 10.3. The van der Waals surface area contributed by atoms with Crippen LogP contribution >= 0.6 is 11.3 Å². The molecule has 0 aliphatic carbocycles. The van der Waals surface area contributed by atoms with Gasteiger partial charge in [-0.3, -0.25) is 9.69 Å². The standard InChI is InChI=1S/C17H22N2O4S/c1-5-22-17(21)16-11(2)8-15(24-16)18-14(20)10-19(4)9-13-7-6-12(3)23-13/h6-8H,5,9-10H2,1-4H3,(H,18,20). The summed E-state index contributed by atoms with van der Waals surface area (Å²) in [6, 6.07) is 5.58. The molecular formula is C17H22N2O4S. The van der Waals surface area contributed by atoms with Crippen molar-refractivity contribution < 1.29 is 18.7 Å². The first-order valence-corrected chi connectivity index (χ1v) is 8.52. The van der Waals surface area contributed by atoms with Crippen LogP contribution in [-0.2, 0) is 16.1 Å². The van der Waals surface area contributed by atoms with E-state index in [-0.39, 0.29) is 18.4 Å². The number of furan rings is 1. The second kappa shape index (κ2) is 8.12. The summed E-state index contributed by atoms with van der Waals surface area (Å²) >= 11 is 1.23. The average molecular weight is 350 g/mol. The third kappa shape index (κ3) is 4.94. The Morgan fingerprint density at radius 2 is 2.08 bits per heavy atom. The first-order valence-electron chi connectivity index (χ1n) is 7.70. The fourth-order valence-electron chi connectivity index (χ4n) is 2.26. The number of ether oxygens (including phenoxy) is 1. The van der Waals surface area contributed by atoms with Crippen molar-refractivity contribution >= 4 is 28.2 Å². The molecule has 0 bridgehead atoms. The number of hydrogen-bond acceptors (Lipinski definition) is 6. The quantitative estimate of drug-likeness (QED) is 0.777. The summed E-state index contributed by atoms with van der Waals surface area (Å²) in [4.78, 5) is 26.3. The van der Waals surface area contributed by atoms with Gasteiger partial charge in [-0.25, -0.2) is 4.79 Å². The molecule has 1 N–H and O–H groups in total. The zero-order valence-electron chi connectivity index (χ0n) is 14.3. The molecule has 2 aromatic heterocycles. The Bertz CT molecular complexity index is 720. The summed E-state index contributed by atoms with van der Waals surface area (Å²) in [5, 5.41) is 3.46.